The zero-order valence-electron chi connectivity index (χ0n) is 13.4. The van der Waals surface area contributed by atoms with Crippen LogP contribution in [0.3, 0.4) is 0 Å². The highest BCUT2D eigenvalue weighted by molar-refractivity contribution is 9.10. The van der Waals surface area contributed by atoms with Gasteiger partial charge in [0.25, 0.3) is 5.56 Å². The normalized spacial score (nSPS) is 11.2. The summed E-state index contributed by atoms with van der Waals surface area (Å²) in [5.41, 5.74) is 3.17. The molecular formula is C19H15BrN4O. The molecule has 0 N–H and O–H groups in total. The Hall–Kier alpha value is -2.73. The fourth-order valence-electron chi connectivity index (χ4n) is 2.98. The minimum Gasteiger partial charge on any atom is -0.341 e. The van der Waals surface area contributed by atoms with E-state index >= 15 is 0 Å². The lowest BCUT2D eigenvalue weighted by atomic mass is 10.1. The number of halogens is 1. The van der Waals surface area contributed by atoms with Gasteiger partial charge in [-0.2, -0.15) is 5.10 Å². The Morgan fingerprint density at radius 2 is 2.04 bits per heavy atom. The van der Waals surface area contributed by atoms with Crippen LogP contribution < -0.4 is 5.56 Å². The molecule has 124 valence electrons. The number of rotatable bonds is 4. The van der Waals surface area contributed by atoms with Crippen LogP contribution in [-0.2, 0) is 13.1 Å². The number of para-hydroxylation sites is 1. The minimum absolute atomic E-state index is 0.0989. The third kappa shape index (κ3) is 2.78. The third-order valence-electron chi connectivity index (χ3n) is 4.12. The summed E-state index contributed by atoms with van der Waals surface area (Å²) < 4.78 is 4.44. The predicted octanol–water partition coefficient (Wildman–Crippen LogP) is 3.69. The second-order valence-corrected chi connectivity index (χ2v) is 6.70. The standard InChI is InChI=1S/C19H15BrN4O/c1-2-9-24-19(25)16-12-23(11-14-8-7-13(20)10-21-14)17-6-4-3-5-15(17)18(16)22-24/h2-8,10,12H,1,9,11H2. The maximum absolute atomic E-state index is 12.6. The first-order chi connectivity index (χ1) is 12.2. The van der Waals surface area contributed by atoms with Gasteiger partial charge in [0, 0.05) is 22.3 Å². The Morgan fingerprint density at radius 3 is 2.80 bits per heavy atom. The number of nitrogens with zero attached hydrogens (tertiary/aromatic N) is 4. The third-order valence-corrected chi connectivity index (χ3v) is 4.59. The van der Waals surface area contributed by atoms with Gasteiger partial charge in [-0.15, -0.1) is 6.58 Å². The topological polar surface area (TPSA) is 52.7 Å². The van der Waals surface area contributed by atoms with E-state index in [1.54, 1.807) is 12.3 Å². The molecule has 0 amide bonds. The number of pyridine rings is 2. The Labute approximate surface area is 152 Å². The second-order valence-electron chi connectivity index (χ2n) is 5.78. The van der Waals surface area contributed by atoms with Crippen molar-refractivity contribution in [3.05, 3.63) is 82.0 Å². The smallest absolute Gasteiger partial charge is 0.278 e. The van der Waals surface area contributed by atoms with Crippen molar-refractivity contribution in [2.24, 2.45) is 0 Å². The van der Waals surface area contributed by atoms with Crippen LogP contribution in [0.4, 0.5) is 0 Å². The lowest BCUT2D eigenvalue weighted by Crippen LogP contribution is -2.16. The minimum atomic E-state index is -0.0989. The van der Waals surface area contributed by atoms with E-state index in [9.17, 15) is 4.79 Å². The summed E-state index contributed by atoms with van der Waals surface area (Å²) in [6, 6.07) is 11.9. The summed E-state index contributed by atoms with van der Waals surface area (Å²) in [5, 5.41) is 5.44. The van der Waals surface area contributed by atoms with Crippen LogP contribution in [0.5, 0.6) is 0 Å². The maximum Gasteiger partial charge on any atom is 0.278 e. The number of allylic oxidation sites excluding steroid dienone is 1. The van der Waals surface area contributed by atoms with Gasteiger partial charge in [-0.25, -0.2) is 4.68 Å². The quantitative estimate of drug-likeness (QED) is 0.496. The molecule has 0 saturated carbocycles. The van der Waals surface area contributed by atoms with E-state index in [4.69, 9.17) is 0 Å². The highest BCUT2D eigenvalue weighted by Gasteiger charge is 2.19. The zero-order valence-corrected chi connectivity index (χ0v) is 15.0. The van der Waals surface area contributed by atoms with Crippen LogP contribution in [-0.4, -0.2) is 19.3 Å². The maximum atomic E-state index is 12.6. The van der Waals surface area contributed by atoms with Gasteiger partial charge >= 0.3 is 0 Å². The van der Waals surface area contributed by atoms with E-state index in [2.05, 4.69) is 37.2 Å². The van der Waals surface area contributed by atoms with Crippen molar-refractivity contribution in [2.45, 2.75) is 13.1 Å². The molecule has 2 aliphatic rings. The molecule has 3 heterocycles. The fourth-order valence-corrected chi connectivity index (χ4v) is 3.21. The van der Waals surface area contributed by atoms with Crippen molar-refractivity contribution >= 4 is 26.8 Å². The van der Waals surface area contributed by atoms with Crippen LogP contribution in [0.2, 0.25) is 0 Å². The highest BCUT2D eigenvalue weighted by Crippen LogP contribution is 2.27. The summed E-state index contributed by atoms with van der Waals surface area (Å²) in [5.74, 6) is 0. The fraction of sp³-hybridized carbons (Fsp3) is 0.105. The van der Waals surface area contributed by atoms with Gasteiger partial charge in [0.05, 0.1) is 29.9 Å². The van der Waals surface area contributed by atoms with Crippen molar-refractivity contribution in [1.82, 2.24) is 19.3 Å². The van der Waals surface area contributed by atoms with Crippen LogP contribution in [0.25, 0.3) is 22.2 Å². The molecule has 6 heteroatoms. The van der Waals surface area contributed by atoms with E-state index in [0.29, 0.717) is 18.7 Å². The molecule has 0 unspecified atom stereocenters. The molecule has 0 spiro atoms. The number of hydrogen-bond acceptors (Lipinski definition) is 3. The molecule has 0 fully saturated rings. The van der Waals surface area contributed by atoms with Gasteiger partial charge in [-0.1, -0.05) is 24.3 Å². The Morgan fingerprint density at radius 1 is 1.20 bits per heavy atom. The lowest BCUT2D eigenvalue weighted by Gasteiger charge is -2.13. The highest BCUT2D eigenvalue weighted by atomic mass is 79.9. The Balaban J connectivity index is 1.94. The molecule has 2 aliphatic heterocycles. The molecule has 5 nitrogen and oxygen atoms in total. The molecule has 0 radical (unpaired) electrons. The second kappa shape index (κ2) is 6.29. The van der Waals surface area contributed by atoms with Crippen LogP contribution in [0.1, 0.15) is 5.69 Å². The van der Waals surface area contributed by atoms with Crippen LogP contribution in [0, 0.1) is 0 Å². The summed E-state index contributed by atoms with van der Waals surface area (Å²) >= 11 is 3.40. The monoisotopic (exact) mass is 394 g/mol. The molecule has 0 aliphatic carbocycles. The first-order valence-electron chi connectivity index (χ1n) is 7.87. The van der Waals surface area contributed by atoms with Crippen molar-refractivity contribution in [3.8, 4) is 11.3 Å². The Bertz CT molecular complexity index is 1090. The van der Waals surface area contributed by atoms with Gasteiger partial charge in [-0.3, -0.25) is 9.78 Å². The summed E-state index contributed by atoms with van der Waals surface area (Å²) in [4.78, 5) is 17.1. The average Bonchev–Trinajstić information content (AvgIpc) is 2.94. The van der Waals surface area contributed by atoms with Crippen molar-refractivity contribution in [3.63, 3.8) is 0 Å². The number of fused-ring (bicyclic) bond motifs is 3. The summed E-state index contributed by atoms with van der Waals surface area (Å²) in [6.07, 6.45) is 5.32. The molecule has 1 aromatic heterocycles. The van der Waals surface area contributed by atoms with E-state index in [1.165, 1.54) is 4.68 Å². The number of aromatic nitrogens is 4. The SMILES string of the molecule is C=CCn1nc2c3ccccc3n(Cc3ccc(Br)cn3)cc-2c1=O. The predicted molar refractivity (Wildman–Crippen MR) is 102 cm³/mol. The van der Waals surface area contributed by atoms with Gasteiger partial charge in [-0.05, 0) is 34.1 Å². The van der Waals surface area contributed by atoms with Gasteiger partial charge < -0.3 is 4.57 Å². The van der Waals surface area contributed by atoms with E-state index in [0.717, 1.165) is 26.8 Å². The summed E-state index contributed by atoms with van der Waals surface area (Å²) in [6.45, 7) is 4.67. The molecule has 0 bridgehead atoms. The summed E-state index contributed by atoms with van der Waals surface area (Å²) in [7, 11) is 0. The van der Waals surface area contributed by atoms with Gasteiger partial charge in [0.15, 0.2) is 0 Å². The average molecular weight is 395 g/mol. The number of hydrogen-bond donors (Lipinski definition) is 0. The molecule has 25 heavy (non-hydrogen) atoms. The first-order valence-corrected chi connectivity index (χ1v) is 8.66. The molecule has 0 atom stereocenters. The molecule has 4 rings (SSSR count). The van der Waals surface area contributed by atoms with Crippen molar-refractivity contribution < 1.29 is 0 Å². The molecular weight excluding hydrogens is 380 g/mol. The lowest BCUT2D eigenvalue weighted by molar-refractivity contribution is 0.685. The van der Waals surface area contributed by atoms with Crippen molar-refractivity contribution in [1.29, 1.82) is 0 Å². The van der Waals surface area contributed by atoms with E-state index in [1.807, 2.05) is 42.6 Å². The van der Waals surface area contributed by atoms with Crippen molar-refractivity contribution in [2.75, 3.05) is 0 Å². The van der Waals surface area contributed by atoms with Gasteiger partial charge in [0.2, 0.25) is 0 Å². The molecule has 2 aromatic rings. The van der Waals surface area contributed by atoms with Gasteiger partial charge in [0.1, 0.15) is 5.69 Å². The van der Waals surface area contributed by atoms with Crippen LogP contribution in [0.15, 0.2) is 70.7 Å². The van der Waals surface area contributed by atoms with Crippen LogP contribution >= 0.6 is 15.9 Å². The Kier molecular flexibility index (Phi) is 3.97. The zero-order chi connectivity index (χ0) is 17.4. The first kappa shape index (κ1) is 15.8. The molecule has 0 saturated heterocycles. The largest absolute Gasteiger partial charge is 0.341 e. The van der Waals surface area contributed by atoms with E-state index < -0.39 is 0 Å². The van der Waals surface area contributed by atoms with E-state index in [-0.39, 0.29) is 5.56 Å². The molecule has 1 aromatic carbocycles. The number of benzene rings is 1.